The lowest BCUT2D eigenvalue weighted by atomic mass is 10.0. The normalized spacial score (nSPS) is 18.4. The number of nitrogens with one attached hydrogen (secondary N) is 1. The second-order valence-electron chi connectivity index (χ2n) is 8.15. The number of aromatic amines is 1. The van der Waals surface area contributed by atoms with Gasteiger partial charge in [0.2, 0.25) is 0 Å². The van der Waals surface area contributed by atoms with Crippen molar-refractivity contribution in [1.29, 1.82) is 0 Å². The van der Waals surface area contributed by atoms with E-state index in [0.717, 1.165) is 46.5 Å². The fourth-order valence-corrected chi connectivity index (χ4v) is 5.53. The average Bonchev–Trinajstić information content (AvgIpc) is 3.59. The van der Waals surface area contributed by atoms with Gasteiger partial charge in [-0.1, -0.05) is 19.8 Å². The van der Waals surface area contributed by atoms with Gasteiger partial charge in [0.1, 0.15) is 11.5 Å². The number of aromatic nitrogens is 8. The number of thiazole rings is 1. The summed E-state index contributed by atoms with van der Waals surface area (Å²) in [7, 11) is 0. The summed E-state index contributed by atoms with van der Waals surface area (Å²) in [5.74, 6) is 3.47. The summed E-state index contributed by atoms with van der Waals surface area (Å²) in [4.78, 5) is 16.8. The van der Waals surface area contributed by atoms with E-state index in [0.29, 0.717) is 11.9 Å². The van der Waals surface area contributed by atoms with E-state index in [4.69, 9.17) is 9.97 Å². The quantitative estimate of drug-likeness (QED) is 0.517. The van der Waals surface area contributed by atoms with Crippen molar-refractivity contribution in [3.05, 3.63) is 34.9 Å². The maximum absolute atomic E-state index is 5.12. The zero-order valence-electron chi connectivity index (χ0n) is 17.5. The molecule has 0 amide bonds. The van der Waals surface area contributed by atoms with E-state index in [2.05, 4.69) is 41.8 Å². The van der Waals surface area contributed by atoms with Crippen molar-refractivity contribution in [1.82, 2.24) is 39.9 Å². The first-order valence-corrected chi connectivity index (χ1v) is 11.7. The van der Waals surface area contributed by atoms with E-state index >= 15 is 0 Å². The highest BCUT2D eigenvalue weighted by Crippen LogP contribution is 2.43. The lowest BCUT2D eigenvalue weighted by molar-refractivity contribution is 0.468. The molecule has 2 aliphatic rings. The van der Waals surface area contributed by atoms with Gasteiger partial charge < -0.3 is 4.90 Å². The highest BCUT2D eigenvalue weighted by Gasteiger charge is 2.39. The number of hydrogen-bond acceptors (Lipinski definition) is 8. The van der Waals surface area contributed by atoms with Crippen molar-refractivity contribution in [3.8, 4) is 28.5 Å². The topological polar surface area (TPSA) is 101 Å². The minimum atomic E-state index is 0.155. The molecule has 158 valence electrons. The molecule has 0 aromatic carbocycles. The minimum absolute atomic E-state index is 0.155. The second-order valence-corrected chi connectivity index (χ2v) is 8.86. The van der Waals surface area contributed by atoms with Crippen LogP contribution in [0.1, 0.15) is 56.7 Å². The lowest BCUT2D eigenvalue weighted by Gasteiger charge is -2.41. The Morgan fingerprint density at radius 1 is 1.16 bits per heavy atom. The fourth-order valence-electron chi connectivity index (χ4n) is 4.98. The number of aryl methyl sites for hydroxylation is 1. The molecule has 10 heteroatoms. The Morgan fingerprint density at radius 3 is 2.81 bits per heavy atom. The molecule has 1 aliphatic carbocycles. The first-order valence-electron chi connectivity index (χ1n) is 10.8. The van der Waals surface area contributed by atoms with E-state index in [1.165, 1.54) is 25.7 Å². The predicted octanol–water partition coefficient (Wildman–Crippen LogP) is 4.09. The van der Waals surface area contributed by atoms with Gasteiger partial charge in [-0.05, 0) is 26.2 Å². The zero-order valence-corrected chi connectivity index (χ0v) is 18.3. The third-order valence-electron chi connectivity index (χ3n) is 6.39. The van der Waals surface area contributed by atoms with Crippen molar-refractivity contribution in [3.63, 3.8) is 0 Å². The van der Waals surface area contributed by atoms with Gasteiger partial charge in [0.05, 0.1) is 40.9 Å². The molecule has 1 saturated carbocycles. The van der Waals surface area contributed by atoms with Crippen LogP contribution >= 0.6 is 11.3 Å². The number of fused-ring (bicyclic) bond motifs is 3. The molecule has 1 N–H and O–H groups in total. The van der Waals surface area contributed by atoms with Crippen LogP contribution in [0, 0.1) is 6.92 Å². The first kappa shape index (κ1) is 18.6. The van der Waals surface area contributed by atoms with Crippen molar-refractivity contribution in [2.24, 2.45) is 0 Å². The molecule has 1 atom stereocenters. The summed E-state index contributed by atoms with van der Waals surface area (Å²) in [5, 5.41) is 18.3. The molecule has 1 fully saturated rings. The smallest absolute Gasteiger partial charge is 0.165 e. The molecular weight excluding hydrogens is 410 g/mol. The molecule has 5 heterocycles. The molecular formula is C21H23N9S. The predicted molar refractivity (Wildman–Crippen MR) is 118 cm³/mol. The van der Waals surface area contributed by atoms with Gasteiger partial charge in [-0.15, -0.1) is 21.5 Å². The van der Waals surface area contributed by atoms with Gasteiger partial charge in [-0.25, -0.2) is 15.0 Å². The van der Waals surface area contributed by atoms with E-state index in [1.54, 1.807) is 17.5 Å². The molecule has 0 spiro atoms. The van der Waals surface area contributed by atoms with Gasteiger partial charge >= 0.3 is 0 Å². The highest BCUT2D eigenvalue weighted by atomic mass is 32.1. The fraction of sp³-hybridized carbons (Fsp3) is 0.429. The monoisotopic (exact) mass is 433 g/mol. The maximum atomic E-state index is 5.12. The van der Waals surface area contributed by atoms with Crippen molar-refractivity contribution >= 4 is 17.2 Å². The molecule has 0 radical (unpaired) electrons. The Balaban J connectivity index is 1.54. The van der Waals surface area contributed by atoms with Crippen LogP contribution in [0.25, 0.3) is 28.5 Å². The van der Waals surface area contributed by atoms with Crippen molar-refractivity contribution in [2.75, 3.05) is 4.90 Å². The summed E-state index contributed by atoms with van der Waals surface area (Å²) in [6.45, 7) is 4.20. The number of rotatable bonds is 4. The number of hydrogen-bond donors (Lipinski definition) is 1. The Morgan fingerprint density at radius 2 is 2.03 bits per heavy atom. The number of anilines is 1. The SMILES string of the molecule is CC[C@@H]1c2nnc(C)n2-c2cnc(-c3cn[nH]c3-c3cscn3)nc2N1C1CCCC1. The van der Waals surface area contributed by atoms with E-state index in [9.17, 15) is 0 Å². The molecule has 0 unspecified atom stereocenters. The van der Waals surface area contributed by atoms with E-state index in [1.807, 2.05) is 24.0 Å². The van der Waals surface area contributed by atoms with Gasteiger partial charge in [0.15, 0.2) is 17.5 Å². The van der Waals surface area contributed by atoms with Gasteiger partial charge in [-0.2, -0.15) is 5.10 Å². The lowest BCUT2D eigenvalue weighted by Crippen LogP contribution is -2.42. The second kappa shape index (κ2) is 7.23. The summed E-state index contributed by atoms with van der Waals surface area (Å²) < 4.78 is 2.12. The molecule has 9 nitrogen and oxygen atoms in total. The van der Waals surface area contributed by atoms with Crippen LogP contribution < -0.4 is 4.90 Å². The van der Waals surface area contributed by atoms with Crippen LogP contribution in [0.2, 0.25) is 0 Å². The van der Waals surface area contributed by atoms with Crippen LogP contribution in [-0.4, -0.2) is 46.0 Å². The molecule has 0 saturated heterocycles. The van der Waals surface area contributed by atoms with Gasteiger partial charge in [-0.3, -0.25) is 9.67 Å². The Hall–Kier alpha value is -3.14. The Kier molecular flexibility index (Phi) is 4.34. The van der Waals surface area contributed by atoms with E-state index < -0.39 is 0 Å². The van der Waals surface area contributed by atoms with Crippen LogP contribution in [0.4, 0.5) is 5.82 Å². The van der Waals surface area contributed by atoms with Crippen molar-refractivity contribution in [2.45, 2.75) is 58.0 Å². The molecule has 1 aliphatic heterocycles. The molecule has 6 rings (SSSR count). The first-order chi connectivity index (χ1) is 15.3. The molecule has 4 aromatic heterocycles. The Bertz CT molecular complexity index is 1220. The Labute approximate surface area is 183 Å². The molecule has 31 heavy (non-hydrogen) atoms. The highest BCUT2D eigenvalue weighted by molar-refractivity contribution is 7.07. The summed E-state index contributed by atoms with van der Waals surface area (Å²) in [6, 6.07) is 0.612. The van der Waals surface area contributed by atoms with Gasteiger partial charge in [0, 0.05) is 11.4 Å². The maximum Gasteiger partial charge on any atom is 0.165 e. The van der Waals surface area contributed by atoms with E-state index in [-0.39, 0.29) is 6.04 Å². The van der Waals surface area contributed by atoms with Gasteiger partial charge in [0.25, 0.3) is 0 Å². The summed E-state index contributed by atoms with van der Waals surface area (Å²) in [6.07, 6.45) is 9.51. The average molecular weight is 434 g/mol. The third kappa shape index (κ3) is 2.81. The standard InChI is InChI=1S/C21H23N9S/c1-3-16-21-28-26-12(2)29(21)17-9-22-19(25-20(17)30(16)13-6-4-5-7-13)14-8-24-27-18(14)15-10-31-11-23-15/h8-11,13,16H,3-7H2,1-2H3,(H,24,27)/t16-/m1/s1. The third-order valence-corrected chi connectivity index (χ3v) is 6.98. The van der Waals surface area contributed by atoms with Crippen LogP contribution in [0.5, 0.6) is 0 Å². The largest absolute Gasteiger partial charge is 0.342 e. The summed E-state index contributed by atoms with van der Waals surface area (Å²) >= 11 is 1.55. The van der Waals surface area contributed by atoms with Crippen LogP contribution in [0.3, 0.4) is 0 Å². The minimum Gasteiger partial charge on any atom is -0.342 e. The summed E-state index contributed by atoms with van der Waals surface area (Å²) in [5.41, 5.74) is 5.33. The zero-order chi connectivity index (χ0) is 20.9. The number of H-pyrrole nitrogens is 1. The van der Waals surface area contributed by atoms with Crippen molar-refractivity contribution < 1.29 is 0 Å². The van der Waals surface area contributed by atoms with Crippen LogP contribution in [0.15, 0.2) is 23.3 Å². The molecule has 0 bridgehead atoms. The van der Waals surface area contributed by atoms with Crippen LogP contribution in [-0.2, 0) is 0 Å². The number of nitrogens with zero attached hydrogens (tertiary/aromatic N) is 8. The molecule has 4 aromatic rings.